The van der Waals surface area contributed by atoms with Gasteiger partial charge in [0, 0.05) is 21.5 Å². The highest BCUT2D eigenvalue weighted by molar-refractivity contribution is 7.17. The van der Waals surface area contributed by atoms with Crippen LogP contribution in [0.2, 0.25) is 10.0 Å². The van der Waals surface area contributed by atoms with E-state index in [1.165, 1.54) is 17.4 Å². The summed E-state index contributed by atoms with van der Waals surface area (Å²) in [5.74, 6) is -0.311. The zero-order chi connectivity index (χ0) is 24.2. The van der Waals surface area contributed by atoms with Gasteiger partial charge in [-0.25, -0.2) is 4.79 Å². The fourth-order valence-electron chi connectivity index (χ4n) is 3.80. The molecule has 0 fully saturated rings. The van der Waals surface area contributed by atoms with Crippen LogP contribution in [-0.2, 0) is 22.4 Å². The number of carbonyl (C=O) groups is 2. The van der Waals surface area contributed by atoms with E-state index >= 15 is 0 Å². The third-order valence-corrected chi connectivity index (χ3v) is 7.11. The van der Waals surface area contributed by atoms with Crippen molar-refractivity contribution in [3.8, 4) is 17.4 Å². The molecule has 0 saturated heterocycles. The number of nitriles is 1. The predicted octanol–water partition coefficient (Wildman–Crippen LogP) is 6.92. The Morgan fingerprint density at radius 3 is 2.76 bits per heavy atom. The highest BCUT2D eigenvalue weighted by Gasteiger charge is 2.28. The van der Waals surface area contributed by atoms with Crippen molar-refractivity contribution >= 4 is 57.5 Å². The number of thiophene rings is 1. The largest absolute Gasteiger partial charge is 0.462 e. The summed E-state index contributed by atoms with van der Waals surface area (Å²) in [6.07, 6.45) is 4.97. The summed E-state index contributed by atoms with van der Waals surface area (Å²) in [5.41, 5.74) is 1.80. The van der Waals surface area contributed by atoms with E-state index in [-0.39, 0.29) is 12.2 Å². The minimum Gasteiger partial charge on any atom is -0.462 e. The Labute approximate surface area is 210 Å². The lowest BCUT2D eigenvalue weighted by Gasteiger charge is -2.12. The van der Waals surface area contributed by atoms with Crippen LogP contribution in [-0.4, -0.2) is 18.5 Å². The zero-order valence-electron chi connectivity index (χ0n) is 18.2. The maximum atomic E-state index is 12.9. The molecule has 1 aromatic carbocycles. The highest BCUT2D eigenvalue weighted by Crippen LogP contribution is 2.39. The van der Waals surface area contributed by atoms with Gasteiger partial charge in [0.2, 0.25) is 0 Å². The molecule has 0 spiro atoms. The molecule has 9 heteroatoms. The van der Waals surface area contributed by atoms with Gasteiger partial charge in [0.1, 0.15) is 28.2 Å². The van der Waals surface area contributed by atoms with Gasteiger partial charge in [0.05, 0.1) is 17.2 Å². The fraction of sp³-hybridized carbons (Fsp3) is 0.240. The number of anilines is 1. The van der Waals surface area contributed by atoms with Crippen molar-refractivity contribution in [2.24, 2.45) is 0 Å². The number of amides is 1. The summed E-state index contributed by atoms with van der Waals surface area (Å²) in [4.78, 5) is 26.6. The maximum absolute atomic E-state index is 12.9. The third-order valence-electron chi connectivity index (χ3n) is 5.35. The Hall–Kier alpha value is -3.05. The van der Waals surface area contributed by atoms with E-state index in [9.17, 15) is 14.9 Å². The molecule has 6 nitrogen and oxygen atoms in total. The second-order valence-corrected chi connectivity index (χ2v) is 9.53. The van der Waals surface area contributed by atoms with Crippen molar-refractivity contribution in [1.29, 1.82) is 5.26 Å². The Balaban J connectivity index is 1.60. The standard InChI is InChI=1S/C25H20Cl2N2O4S/c1-2-32-25(31)22-18-5-3-4-6-21(18)34-24(22)29-23(30)14(13-28)11-16-8-10-20(33-16)17-9-7-15(26)12-19(17)27/h7-12H,2-6H2,1H3,(H,29,30)/b14-11+. The van der Waals surface area contributed by atoms with Gasteiger partial charge in [-0.2, -0.15) is 5.26 Å². The summed E-state index contributed by atoms with van der Waals surface area (Å²) in [7, 11) is 0. The van der Waals surface area contributed by atoms with E-state index in [0.717, 1.165) is 36.1 Å². The molecular weight excluding hydrogens is 495 g/mol. The van der Waals surface area contributed by atoms with E-state index in [1.807, 2.05) is 6.07 Å². The van der Waals surface area contributed by atoms with Crippen LogP contribution in [0.25, 0.3) is 17.4 Å². The van der Waals surface area contributed by atoms with Gasteiger partial charge in [-0.15, -0.1) is 11.3 Å². The first-order valence-electron chi connectivity index (χ1n) is 10.7. The van der Waals surface area contributed by atoms with Crippen LogP contribution in [0.3, 0.4) is 0 Å². The molecule has 1 N–H and O–H groups in total. The van der Waals surface area contributed by atoms with Crippen LogP contribution < -0.4 is 5.32 Å². The second-order valence-electron chi connectivity index (χ2n) is 7.59. The topological polar surface area (TPSA) is 92.3 Å². The molecular formula is C25H20Cl2N2O4S. The molecule has 0 bridgehead atoms. The normalized spacial score (nSPS) is 13.2. The Morgan fingerprint density at radius 2 is 2.03 bits per heavy atom. The minimum atomic E-state index is -0.630. The number of hydrogen-bond acceptors (Lipinski definition) is 6. The molecule has 0 atom stereocenters. The zero-order valence-corrected chi connectivity index (χ0v) is 20.6. The number of ether oxygens (including phenoxy) is 1. The number of benzene rings is 1. The van der Waals surface area contributed by atoms with Crippen LogP contribution in [0.15, 0.2) is 40.3 Å². The molecule has 174 valence electrons. The van der Waals surface area contributed by atoms with Gasteiger partial charge >= 0.3 is 5.97 Å². The van der Waals surface area contributed by atoms with Crippen LogP contribution in [0.1, 0.15) is 46.3 Å². The molecule has 0 unspecified atom stereocenters. The molecule has 0 radical (unpaired) electrons. The molecule has 34 heavy (non-hydrogen) atoms. The average Bonchev–Trinajstić information content (AvgIpc) is 3.41. The Kier molecular flexibility index (Phi) is 7.42. The Morgan fingerprint density at radius 1 is 1.24 bits per heavy atom. The summed E-state index contributed by atoms with van der Waals surface area (Å²) in [6, 6.07) is 10.3. The predicted molar refractivity (Wildman–Crippen MR) is 133 cm³/mol. The first-order valence-corrected chi connectivity index (χ1v) is 12.3. The molecule has 1 amide bonds. The van der Waals surface area contributed by atoms with Gasteiger partial charge in [-0.3, -0.25) is 4.79 Å². The number of rotatable bonds is 6. The van der Waals surface area contributed by atoms with E-state index in [1.54, 1.807) is 37.3 Å². The molecule has 1 aliphatic carbocycles. The second kappa shape index (κ2) is 10.5. The highest BCUT2D eigenvalue weighted by atomic mass is 35.5. The van der Waals surface area contributed by atoms with Crippen molar-refractivity contribution in [3.63, 3.8) is 0 Å². The molecule has 2 aromatic heterocycles. The lowest BCUT2D eigenvalue weighted by Crippen LogP contribution is -2.16. The number of hydrogen-bond donors (Lipinski definition) is 1. The van der Waals surface area contributed by atoms with Crippen LogP contribution in [0, 0.1) is 11.3 Å². The van der Waals surface area contributed by atoms with E-state index in [4.69, 9.17) is 32.4 Å². The van der Waals surface area contributed by atoms with Gasteiger partial charge < -0.3 is 14.5 Å². The minimum absolute atomic E-state index is 0.163. The number of nitrogens with zero attached hydrogens (tertiary/aromatic N) is 1. The fourth-order valence-corrected chi connectivity index (χ4v) is 5.57. The molecule has 0 saturated carbocycles. The van der Waals surface area contributed by atoms with Crippen LogP contribution >= 0.6 is 34.5 Å². The number of carbonyl (C=O) groups excluding carboxylic acids is 2. The molecule has 0 aliphatic heterocycles. The number of fused-ring (bicyclic) bond motifs is 1. The van der Waals surface area contributed by atoms with Crippen molar-refractivity contribution in [3.05, 3.63) is 67.7 Å². The number of esters is 1. The van der Waals surface area contributed by atoms with Gasteiger partial charge in [-0.1, -0.05) is 23.2 Å². The first-order chi connectivity index (χ1) is 16.4. The quantitative estimate of drug-likeness (QED) is 0.219. The van der Waals surface area contributed by atoms with E-state index in [2.05, 4.69) is 5.32 Å². The lowest BCUT2D eigenvalue weighted by atomic mass is 9.95. The number of aryl methyl sites for hydroxylation is 1. The number of furan rings is 1. The van der Waals surface area contributed by atoms with Gasteiger partial charge in [0.15, 0.2) is 0 Å². The molecule has 4 rings (SSSR count). The number of halogens is 2. The Bertz CT molecular complexity index is 1330. The summed E-state index contributed by atoms with van der Waals surface area (Å²) >= 11 is 13.6. The monoisotopic (exact) mass is 514 g/mol. The molecule has 3 aromatic rings. The van der Waals surface area contributed by atoms with Crippen LogP contribution in [0.4, 0.5) is 5.00 Å². The van der Waals surface area contributed by atoms with Crippen molar-refractivity contribution < 1.29 is 18.7 Å². The van der Waals surface area contributed by atoms with E-state index < -0.39 is 11.9 Å². The van der Waals surface area contributed by atoms with Crippen LogP contribution in [0.5, 0.6) is 0 Å². The summed E-state index contributed by atoms with van der Waals surface area (Å²) in [6.45, 7) is 1.97. The van der Waals surface area contributed by atoms with Gasteiger partial charge in [-0.05, 0) is 68.5 Å². The molecule has 1 aliphatic rings. The maximum Gasteiger partial charge on any atom is 0.341 e. The molecule has 2 heterocycles. The third kappa shape index (κ3) is 5.05. The van der Waals surface area contributed by atoms with E-state index in [0.29, 0.717) is 37.7 Å². The first kappa shape index (κ1) is 24.1. The summed E-state index contributed by atoms with van der Waals surface area (Å²) in [5, 5.41) is 13.7. The lowest BCUT2D eigenvalue weighted by molar-refractivity contribution is -0.112. The van der Waals surface area contributed by atoms with Crippen molar-refractivity contribution in [1.82, 2.24) is 0 Å². The van der Waals surface area contributed by atoms with Crippen molar-refractivity contribution in [2.45, 2.75) is 32.6 Å². The average molecular weight is 515 g/mol. The number of nitrogens with one attached hydrogen (secondary N) is 1. The summed E-state index contributed by atoms with van der Waals surface area (Å²) < 4.78 is 11.0. The van der Waals surface area contributed by atoms with Gasteiger partial charge in [0.25, 0.3) is 5.91 Å². The SMILES string of the molecule is CCOC(=O)c1c(NC(=O)/C(C#N)=C/c2ccc(-c3ccc(Cl)cc3Cl)o2)sc2c1CCCC2. The smallest absolute Gasteiger partial charge is 0.341 e. The van der Waals surface area contributed by atoms with Crippen molar-refractivity contribution in [2.75, 3.05) is 11.9 Å².